The first-order valence-corrected chi connectivity index (χ1v) is 6.12. The fourth-order valence-electron chi connectivity index (χ4n) is 1.22. The SMILES string of the molecule is COc1c(Cl)cccc1CC[PH](=O)O. The summed E-state index contributed by atoms with van der Waals surface area (Å²) in [6.45, 7) is 0. The molecular formula is C9H12ClO3P. The molecule has 0 bridgehead atoms. The first kappa shape index (κ1) is 11.6. The Hall–Kier alpha value is -0.500. The van der Waals surface area contributed by atoms with Gasteiger partial charge in [0.15, 0.2) is 8.03 Å². The predicted octanol–water partition coefficient (Wildman–Crippen LogP) is 2.36. The lowest BCUT2D eigenvalue weighted by molar-refractivity contribution is 0.410. The van der Waals surface area contributed by atoms with E-state index in [4.69, 9.17) is 21.2 Å². The summed E-state index contributed by atoms with van der Waals surface area (Å²) >= 11 is 5.89. The third-order valence-electron chi connectivity index (χ3n) is 1.86. The van der Waals surface area contributed by atoms with Crippen molar-refractivity contribution >= 4 is 19.6 Å². The second-order valence-electron chi connectivity index (χ2n) is 2.83. The number of ether oxygens (including phenoxy) is 1. The Kier molecular flexibility index (Phi) is 4.46. The van der Waals surface area contributed by atoms with Crippen molar-refractivity contribution in [2.45, 2.75) is 6.42 Å². The first-order chi connectivity index (χ1) is 6.65. The molecule has 0 spiro atoms. The molecule has 0 saturated carbocycles. The van der Waals surface area contributed by atoms with E-state index in [-0.39, 0.29) is 6.16 Å². The van der Waals surface area contributed by atoms with E-state index < -0.39 is 8.03 Å². The molecule has 0 heterocycles. The quantitative estimate of drug-likeness (QED) is 0.814. The van der Waals surface area contributed by atoms with E-state index >= 15 is 0 Å². The zero-order valence-electron chi connectivity index (χ0n) is 7.79. The molecule has 1 aromatic rings. The van der Waals surface area contributed by atoms with Crippen LogP contribution in [-0.2, 0) is 11.0 Å². The molecule has 0 aromatic heterocycles. The van der Waals surface area contributed by atoms with Gasteiger partial charge in [0.1, 0.15) is 5.75 Å². The van der Waals surface area contributed by atoms with Crippen molar-refractivity contribution in [3.8, 4) is 5.75 Å². The molecule has 0 aliphatic carbocycles. The molecule has 1 unspecified atom stereocenters. The lowest BCUT2D eigenvalue weighted by Gasteiger charge is -2.08. The molecule has 3 nitrogen and oxygen atoms in total. The average Bonchev–Trinajstić information content (AvgIpc) is 2.14. The highest BCUT2D eigenvalue weighted by atomic mass is 35.5. The molecule has 0 aliphatic rings. The van der Waals surface area contributed by atoms with Gasteiger partial charge >= 0.3 is 0 Å². The van der Waals surface area contributed by atoms with E-state index in [1.165, 1.54) is 7.11 Å². The normalized spacial score (nSPS) is 12.5. The van der Waals surface area contributed by atoms with E-state index in [1.54, 1.807) is 12.1 Å². The van der Waals surface area contributed by atoms with Gasteiger partial charge < -0.3 is 9.63 Å². The monoisotopic (exact) mass is 234 g/mol. The highest BCUT2D eigenvalue weighted by Gasteiger charge is 2.07. The van der Waals surface area contributed by atoms with Gasteiger partial charge in [-0.05, 0) is 18.1 Å². The van der Waals surface area contributed by atoms with Gasteiger partial charge in [-0.1, -0.05) is 23.7 Å². The summed E-state index contributed by atoms with van der Waals surface area (Å²) in [5.74, 6) is 0.595. The Morgan fingerprint density at radius 3 is 2.86 bits per heavy atom. The smallest absolute Gasteiger partial charge is 0.189 e. The third kappa shape index (κ3) is 3.02. The second-order valence-corrected chi connectivity index (χ2v) is 4.52. The van der Waals surface area contributed by atoms with Crippen LogP contribution in [0, 0.1) is 0 Å². The van der Waals surface area contributed by atoms with Crippen LogP contribution in [0.25, 0.3) is 0 Å². The van der Waals surface area contributed by atoms with Crippen LogP contribution >= 0.6 is 19.6 Å². The summed E-state index contributed by atoms with van der Waals surface area (Å²) in [6, 6.07) is 5.37. The van der Waals surface area contributed by atoms with Gasteiger partial charge in [0, 0.05) is 6.16 Å². The van der Waals surface area contributed by atoms with E-state index in [0.29, 0.717) is 17.2 Å². The Labute approximate surface area is 88.5 Å². The Morgan fingerprint density at radius 1 is 1.57 bits per heavy atom. The lowest BCUT2D eigenvalue weighted by Crippen LogP contribution is -1.94. The van der Waals surface area contributed by atoms with Gasteiger partial charge in [-0.15, -0.1) is 0 Å². The molecule has 1 N–H and O–H groups in total. The fraction of sp³-hybridized carbons (Fsp3) is 0.333. The number of para-hydroxylation sites is 1. The number of halogens is 1. The minimum Gasteiger partial charge on any atom is -0.495 e. The average molecular weight is 235 g/mol. The molecule has 0 fully saturated rings. The lowest BCUT2D eigenvalue weighted by atomic mass is 10.1. The molecule has 0 aliphatic heterocycles. The highest BCUT2D eigenvalue weighted by Crippen LogP contribution is 2.30. The number of hydrogen-bond donors (Lipinski definition) is 1. The summed E-state index contributed by atoms with van der Waals surface area (Å²) in [5, 5.41) is 0.530. The molecular weight excluding hydrogens is 223 g/mol. The number of methoxy groups -OCH3 is 1. The maximum absolute atomic E-state index is 10.6. The van der Waals surface area contributed by atoms with Gasteiger partial charge in [-0.25, -0.2) is 0 Å². The molecule has 0 saturated heterocycles. The predicted molar refractivity (Wildman–Crippen MR) is 57.8 cm³/mol. The zero-order chi connectivity index (χ0) is 10.6. The summed E-state index contributed by atoms with van der Waals surface area (Å²) in [4.78, 5) is 8.72. The van der Waals surface area contributed by atoms with E-state index in [1.807, 2.05) is 6.07 Å². The summed E-state index contributed by atoms with van der Waals surface area (Å²) < 4.78 is 15.7. The third-order valence-corrected chi connectivity index (χ3v) is 2.84. The van der Waals surface area contributed by atoms with Gasteiger partial charge in [0.2, 0.25) is 0 Å². The van der Waals surface area contributed by atoms with Crippen molar-refractivity contribution in [1.29, 1.82) is 0 Å². The summed E-state index contributed by atoms with van der Waals surface area (Å²) in [6.07, 6.45) is 0.777. The van der Waals surface area contributed by atoms with Crippen molar-refractivity contribution < 1.29 is 14.2 Å². The van der Waals surface area contributed by atoms with Gasteiger partial charge in [-0.2, -0.15) is 0 Å². The van der Waals surface area contributed by atoms with Gasteiger partial charge in [0.25, 0.3) is 0 Å². The Bertz CT molecular complexity index is 341. The topological polar surface area (TPSA) is 46.5 Å². The van der Waals surface area contributed by atoms with E-state index in [9.17, 15) is 4.57 Å². The van der Waals surface area contributed by atoms with Crippen LogP contribution in [-0.4, -0.2) is 18.2 Å². The van der Waals surface area contributed by atoms with Crippen LogP contribution < -0.4 is 4.74 Å². The van der Waals surface area contributed by atoms with Crippen LogP contribution in [0.3, 0.4) is 0 Å². The van der Waals surface area contributed by atoms with Crippen molar-refractivity contribution in [1.82, 2.24) is 0 Å². The molecule has 14 heavy (non-hydrogen) atoms. The number of benzene rings is 1. The summed E-state index contributed by atoms with van der Waals surface area (Å²) in [7, 11) is -0.884. The largest absolute Gasteiger partial charge is 0.495 e. The van der Waals surface area contributed by atoms with E-state index in [0.717, 1.165) is 5.56 Å². The summed E-state index contributed by atoms with van der Waals surface area (Å²) in [5.41, 5.74) is 0.868. The highest BCUT2D eigenvalue weighted by molar-refractivity contribution is 7.37. The Balaban J connectivity index is 2.85. The van der Waals surface area contributed by atoms with Crippen LogP contribution in [0.15, 0.2) is 18.2 Å². The zero-order valence-corrected chi connectivity index (χ0v) is 9.54. The maximum Gasteiger partial charge on any atom is 0.189 e. The van der Waals surface area contributed by atoms with Crippen molar-refractivity contribution in [3.63, 3.8) is 0 Å². The minimum atomic E-state index is -2.42. The van der Waals surface area contributed by atoms with Crippen LogP contribution in [0.5, 0.6) is 5.75 Å². The molecule has 1 atom stereocenters. The van der Waals surface area contributed by atoms with Crippen LogP contribution in [0.1, 0.15) is 5.56 Å². The second kappa shape index (κ2) is 5.40. The molecule has 1 aromatic carbocycles. The first-order valence-electron chi connectivity index (χ1n) is 4.18. The van der Waals surface area contributed by atoms with E-state index in [2.05, 4.69) is 0 Å². The fourth-order valence-corrected chi connectivity index (χ4v) is 1.98. The number of aryl methyl sites for hydroxylation is 1. The maximum atomic E-state index is 10.6. The van der Waals surface area contributed by atoms with Crippen LogP contribution in [0.2, 0.25) is 5.02 Å². The molecule has 0 radical (unpaired) electrons. The van der Waals surface area contributed by atoms with Crippen molar-refractivity contribution in [3.05, 3.63) is 28.8 Å². The van der Waals surface area contributed by atoms with Crippen molar-refractivity contribution in [2.24, 2.45) is 0 Å². The number of hydrogen-bond acceptors (Lipinski definition) is 2. The number of rotatable bonds is 4. The molecule has 1 rings (SSSR count). The molecule has 0 amide bonds. The van der Waals surface area contributed by atoms with Gasteiger partial charge in [0.05, 0.1) is 12.1 Å². The van der Waals surface area contributed by atoms with Crippen LogP contribution in [0.4, 0.5) is 0 Å². The van der Waals surface area contributed by atoms with Gasteiger partial charge in [-0.3, -0.25) is 4.57 Å². The Morgan fingerprint density at radius 2 is 2.29 bits per heavy atom. The molecule has 78 valence electrons. The minimum absolute atomic E-state index is 0.265. The molecule has 5 heteroatoms. The standard InChI is InChI=1S/C9H12ClO3P/c1-13-9-7(5-6-14(11)12)3-2-4-8(9)10/h2-4,14H,5-6H2,1H3,(H,11,12). The van der Waals surface area contributed by atoms with Crippen molar-refractivity contribution in [2.75, 3.05) is 13.3 Å².